The Balaban J connectivity index is 2.05. The molecular weight excluding hydrogens is 189 g/mol. The van der Waals surface area contributed by atoms with E-state index >= 15 is 0 Å². The molecule has 0 amide bonds. The van der Waals surface area contributed by atoms with Crippen molar-refractivity contribution >= 4 is 0 Å². The van der Waals surface area contributed by atoms with Crippen LogP contribution in [-0.4, -0.2) is 6.54 Å². The molecule has 1 aliphatic heterocycles. The van der Waals surface area contributed by atoms with Crippen molar-refractivity contribution in [3.8, 4) is 0 Å². The lowest BCUT2D eigenvalue weighted by Crippen LogP contribution is -2.33. The Morgan fingerprint density at radius 2 is 2.07 bits per heavy atom. The fraction of sp³-hybridized carbons (Fsp3) is 0.538. The van der Waals surface area contributed by atoms with Gasteiger partial charge >= 0.3 is 0 Å². The van der Waals surface area contributed by atoms with Crippen molar-refractivity contribution in [3.05, 3.63) is 35.1 Å². The van der Waals surface area contributed by atoms with Crippen LogP contribution in [0.5, 0.6) is 0 Å². The molecule has 0 aromatic heterocycles. The molecule has 1 heterocycles. The zero-order valence-electron chi connectivity index (χ0n) is 8.96. The minimum atomic E-state index is -0.102. The van der Waals surface area contributed by atoms with Gasteiger partial charge in [-0.1, -0.05) is 13.0 Å². The van der Waals surface area contributed by atoms with Crippen LogP contribution in [0.2, 0.25) is 0 Å². The Morgan fingerprint density at radius 1 is 1.27 bits per heavy atom. The number of hydrogen-bond acceptors (Lipinski definition) is 1. The van der Waals surface area contributed by atoms with E-state index in [4.69, 9.17) is 0 Å². The lowest BCUT2D eigenvalue weighted by molar-refractivity contribution is 0.426. The number of hydrogen-bond donors (Lipinski definition) is 1. The van der Waals surface area contributed by atoms with Crippen molar-refractivity contribution in [3.63, 3.8) is 0 Å². The molecule has 0 spiro atoms. The normalized spacial score (nSPS) is 30.0. The molecule has 0 saturated heterocycles. The summed E-state index contributed by atoms with van der Waals surface area (Å²) < 4.78 is 13.3. The summed E-state index contributed by atoms with van der Waals surface area (Å²) >= 11 is 0. The highest BCUT2D eigenvalue weighted by molar-refractivity contribution is 5.36. The highest BCUT2D eigenvalue weighted by atomic mass is 19.1. The molecular formula is C13H16FN. The third kappa shape index (κ3) is 1.57. The van der Waals surface area contributed by atoms with Gasteiger partial charge in [-0.2, -0.15) is 0 Å². The van der Waals surface area contributed by atoms with Gasteiger partial charge < -0.3 is 5.32 Å². The highest BCUT2D eigenvalue weighted by Crippen LogP contribution is 2.45. The number of halogens is 1. The number of benzene rings is 1. The molecule has 1 fully saturated rings. The van der Waals surface area contributed by atoms with Crippen molar-refractivity contribution in [2.45, 2.75) is 31.7 Å². The third-order valence-electron chi connectivity index (χ3n) is 3.65. The standard InChI is InChI=1S/C13H16FN/c1-8-7-15-13(9-2-3-9)12-6-10(14)4-5-11(8)12/h4-6,8-9,13,15H,2-3,7H2,1H3. The first-order valence-corrected chi connectivity index (χ1v) is 5.78. The zero-order valence-corrected chi connectivity index (χ0v) is 8.96. The largest absolute Gasteiger partial charge is 0.309 e. The third-order valence-corrected chi connectivity index (χ3v) is 3.65. The van der Waals surface area contributed by atoms with Crippen molar-refractivity contribution in [1.29, 1.82) is 0 Å². The second kappa shape index (κ2) is 3.31. The summed E-state index contributed by atoms with van der Waals surface area (Å²) in [5.74, 6) is 1.16. The van der Waals surface area contributed by atoms with Crippen LogP contribution in [0.15, 0.2) is 18.2 Å². The minimum absolute atomic E-state index is 0.102. The van der Waals surface area contributed by atoms with Gasteiger partial charge in [-0.15, -0.1) is 0 Å². The Labute approximate surface area is 89.7 Å². The molecule has 0 radical (unpaired) electrons. The summed E-state index contributed by atoms with van der Waals surface area (Å²) in [5, 5.41) is 3.55. The van der Waals surface area contributed by atoms with Gasteiger partial charge in [0.2, 0.25) is 0 Å². The van der Waals surface area contributed by atoms with Crippen molar-refractivity contribution < 1.29 is 4.39 Å². The van der Waals surface area contributed by atoms with E-state index in [1.807, 2.05) is 6.07 Å². The SMILES string of the molecule is CC1CNC(C2CC2)c2cc(F)ccc21. The van der Waals surface area contributed by atoms with E-state index in [0.717, 1.165) is 12.5 Å². The second-order valence-electron chi connectivity index (χ2n) is 4.90. The maximum Gasteiger partial charge on any atom is 0.123 e. The molecule has 2 aliphatic rings. The van der Waals surface area contributed by atoms with Crippen molar-refractivity contribution in [2.24, 2.45) is 5.92 Å². The summed E-state index contributed by atoms with van der Waals surface area (Å²) in [5.41, 5.74) is 2.54. The molecule has 1 saturated carbocycles. The zero-order chi connectivity index (χ0) is 10.4. The van der Waals surface area contributed by atoms with Gasteiger partial charge in [0.05, 0.1) is 0 Å². The lowest BCUT2D eigenvalue weighted by Gasteiger charge is -2.31. The Morgan fingerprint density at radius 3 is 2.80 bits per heavy atom. The van der Waals surface area contributed by atoms with Crippen molar-refractivity contribution in [2.75, 3.05) is 6.54 Å². The number of fused-ring (bicyclic) bond motifs is 1. The topological polar surface area (TPSA) is 12.0 Å². The van der Waals surface area contributed by atoms with E-state index in [9.17, 15) is 4.39 Å². The quantitative estimate of drug-likeness (QED) is 0.743. The summed E-state index contributed by atoms with van der Waals surface area (Å²) in [6, 6.07) is 5.68. The second-order valence-corrected chi connectivity index (χ2v) is 4.90. The van der Waals surface area contributed by atoms with Crippen LogP contribution in [0, 0.1) is 11.7 Å². The van der Waals surface area contributed by atoms with E-state index < -0.39 is 0 Å². The van der Waals surface area contributed by atoms with Gasteiger partial charge in [-0.05, 0) is 47.9 Å². The number of nitrogens with one attached hydrogen (secondary N) is 1. The minimum Gasteiger partial charge on any atom is -0.309 e. The van der Waals surface area contributed by atoms with E-state index in [2.05, 4.69) is 12.2 Å². The molecule has 80 valence electrons. The van der Waals surface area contributed by atoms with Crippen LogP contribution >= 0.6 is 0 Å². The van der Waals surface area contributed by atoms with Gasteiger partial charge in [0.15, 0.2) is 0 Å². The first-order chi connectivity index (χ1) is 7.25. The fourth-order valence-corrected chi connectivity index (χ4v) is 2.64. The fourth-order valence-electron chi connectivity index (χ4n) is 2.64. The molecule has 2 atom stereocenters. The summed E-state index contributed by atoms with van der Waals surface area (Å²) in [4.78, 5) is 0. The molecule has 3 rings (SSSR count). The van der Waals surface area contributed by atoms with E-state index in [1.165, 1.54) is 24.0 Å². The summed E-state index contributed by atoms with van der Waals surface area (Å²) in [6.45, 7) is 3.23. The predicted molar refractivity (Wildman–Crippen MR) is 58.3 cm³/mol. The van der Waals surface area contributed by atoms with Gasteiger partial charge in [-0.25, -0.2) is 4.39 Å². The molecule has 1 nitrogen and oxygen atoms in total. The van der Waals surface area contributed by atoms with Gasteiger partial charge in [0.1, 0.15) is 5.82 Å². The molecule has 2 heteroatoms. The molecule has 1 N–H and O–H groups in total. The molecule has 1 aliphatic carbocycles. The molecule has 1 aromatic rings. The first kappa shape index (κ1) is 9.34. The smallest absolute Gasteiger partial charge is 0.123 e. The Kier molecular flexibility index (Phi) is 2.06. The van der Waals surface area contributed by atoms with Crippen LogP contribution in [0.1, 0.15) is 42.9 Å². The van der Waals surface area contributed by atoms with Crippen LogP contribution < -0.4 is 5.32 Å². The van der Waals surface area contributed by atoms with Crippen LogP contribution in [0.4, 0.5) is 4.39 Å². The van der Waals surface area contributed by atoms with Gasteiger partial charge in [-0.3, -0.25) is 0 Å². The first-order valence-electron chi connectivity index (χ1n) is 5.78. The highest BCUT2D eigenvalue weighted by Gasteiger charge is 2.36. The lowest BCUT2D eigenvalue weighted by atomic mass is 9.86. The molecule has 15 heavy (non-hydrogen) atoms. The summed E-state index contributed by atoms with van der Waals surface area (Å²) in [6.07, 6.45) is 2.59. The van der Waals surface area contributed by atoms with E-state index in [0.29, 0.717) is 12.0 Å². The van der Waals surface area contributed by atoms with Crippen LogP contribution in [0.3, 0.4) is 0 Å². The van der Waals surface area contributed by atoms with Gasteiger partial charge in [0, 0.05) is 12.6 Å². The monoisotopic (exact) mass is 205 g/mol. The predicted octanol–water partition coefficient (Wildman–Crippen LogP) is 2.98. The van der Waals surface area contributed by atoms with E-state index in [1.54, 1.807) is 12.1 Å². The Bertz CT molecular complexity index is 384. The van der Waals surface area contributed by atoms with Crippen LogP contribution in [0.25, 0.3) is 0 Å². The van der Waals surface area contributed by atoms with Crippen molar-refractivity contribution in [1.82, 2.24) is 5.32 Å². The average Bonchev–Trinajstić information content (AvgIpc) is 3.02. The number of rotatable bonds is 1. The molecule has 2 unspecified atom stereocenters. The average molecular weight is 205 g/mol. The van der Waals surface area contributed by atoms with Crippen LogP contribution in [-0.2, 0) is 0 Å². The maximum absolute atomic E-state index is 13.3. The maximum atomic E-state index is 13.3. The summed E-state index contributed by atoms with van der Waals surface area (Å²) in [7, 11) is 0. The Hall–Kier alpha value is -0.890. The molecule has 1 aromatic carbocycles. The van der Waals surface area contributed by atoms with Gasteiger partial charge in [0.25, 0.3) is 0 Å². The van der Waals surface area contributed by atoms with E-state index in [-0.39, 0.29) is 5.82 Å². The molecule has 0 bridgehead atoms.